The Morgan fingerprint density at radius 2 is 2.09 bits per heavy atom. The summed E-state index contributed by atoms with van der Waals surface area (Å²) in [6.45, 7) is 0. The lowest BCUT2D eigenvalue weighted by Crippen LogP contribution is -2.35. The third-order valence-corrected chi connectivity index (χ3v) is 1.33. The van der Waals surface area contributed by atoms with Crippen molar-refractivity contribution in [3.05, 3.63) is 0 Å². The first-order chi connectivity index (χ1) is 4.45. The van der Waals surface area contributed by atoms with Crippen LogP contribution in [0.3, 0.4) is 0 Å². The van der Waals surface area contributed by atoms with Crippen molar-refractivity contribution < 1.29 is 8.42 Å². The Kier molecular flexibility index (Phi) is 6.88. The maximum Gasteiger partial charge on any atom is 0.297 e. The minimum Gasteiger partial charge on any atom is -0.288 e. The number of amidine groups is 1. The smallest absolute Gasteiger partial charge is 0.288 e. The van der Waals surface area contributed by atoms with Crippen LogP contribution in [-0.2, 0) is 10.2 Å². The summed E-state index contributed by atoms with van der Waals surface area (Å²) in [5, 5.41) is 11.4. The van der Waals surface area contributed by atoms with Crippen molar-refractivity contribution in [2.75, 3.05) is 5.88 Å². The molecule has 5 nitrogen and oxygen atoms in total. The summed E-state index contributed by atoms with van der Waals surface area (Å²) in [7, 11) is -3.78. The first-order valence-corrected chi connectivity index (χ1v) is 4.47. The summed E-state index contributed by atoms with van der Waals surface area (Å²) >= 11 is 5.21. The van der Waals surface area contributed by atoms with Gasteiger partial charge >= 0.3 is 0 Å². The van der Waals surface area contributed by atoms with E-state index < -0.39 is 10.2 Å². The van der Waals surface area contributed by atoms with E-state index in [1.54, 1.807) is 4.72 Å². The standard InChI is InChI=1S/C3H8ClN3O2S.ClH/c4-2-1-3(5)7-10(6,8)9;/h1-2H2,(H2,5,7)(H2,6,8,9);1H. The van der Waals surface area contributed by atoms with Gasteiger partial charge < -0.3 is 0 Å². The summed E-state index contributed by atoms with van der Waals surface area (Å²) in [6, 6.07) is 0. The van der Waals surface area contributed by atoms with Gasteiger partial charge in [-0.05, 0) is 0 Å². The van der Waals surface area contributed by atoms with E-state index in [4.69, 9.17) is 17.0 Å². The van der Waals surface area contributed by atoms with Gasteiger partial charge in [0.25, 0.3) is 10.2 Å². The summed E-state index contributed by atoms with van der Waals surface area (Å²) in [6.07, 6.45) is 0.165. The second kappa shape index (κ2) is 5.59. The van der Waals surface area contributed by atoms with E-state index in [1.165, 1.54) is 0 Å². The van der Waals surface area contributed by atoms with E-state index in [0.717, 1.165) is 0 Å². The first kappa shape index (κ1) is 13.5. The van der Waals surface area contributed by atoms with Gasteiger partial charge in [0.05, 0.1) is 0 Å². The average Bonchev–Trinajstić information content (AvgIpc) is 1.59. The number of alkyl halides is 1. The first-order valence-electron chi connectivity index (χ1n) is 2.39. The molecule has 0 saturated carbocycles. The maximum atomic E-state index is 10.2. The van der Waals surface area contributed by atoms with Crippen molar-refractivity contribution in [2.45, 2.75) is 6.42 Å². The molecule has 0 aromatic carbocycles. The third kappa shape index (κ3) is 9.96. The monoisotopic (exact) mass is 221 g/mol. The number of nitrogens with one attached hydrogen (secondary N) is 2. The molecule has 0 aliphatic rings. The van der Waals surface area contributed by atoms with Gasteiger partial charge in [0, 0.05) is 12.3 Å². The zero-order valence-corrected chi connectivity index (χ0v) is 7.89. The van der Waals surface area contributed by atoms with Gasteiger partial charge in [-0.3, -0.25) is 10.1 Å². The highest BCUT2D eigenvalue weighted by Crippen LogP contribution is 1.84. The Hall–Kier alpha value is -0.0400. The third-order valence-electron chi connectivity index (χ3n) is 0.610. The molecule has 68 valence electrons. The van der Waals surface area contributed by atoms with Crippen LogP contribution in [0.1, 0.15) is 6.42 Å². The molecule has 0 aliphatic carbocycles. The summed E-state index contributed by atoms with van der Waals surface area (Å²) in [4.78, 5) is 0. The lowest BCUT2D eigenvalue weighted by molar-refractivity contribution is 0.594. The van der Waals surface area contributed by atoms with Crippen LogP contribution < -0.4 is 9.86 Å². The molecule has 0 heterocycles. The highest BCUT2D eigenvalue weighted by molar-refractivity contribution is 7.87. The number of rotatable bonds is 3. The summed E-state index contributed by atoms with van der Waals surface area (Å²) in [5.41, 5.74) is 0. The van der Waals surface area contributed by atoms with Gasteiger partial charge in [-0.15, -0.1) is 24.0 Å². The lowest BCUT2D eigenvalue weighted by atomic mass is 10.5. The lowest BCUT2D eigenvalue weighted by Gasteiger charge is -2.01. The molecular formula is C3H9Cl2N3O2S. The van der Waals surface area contributed by atoms with Crippen LogP contribution >= 0.6 is 24.0 Å². The van der Waals surface area contributed by atoms with Gasteiger partial charge in [-0.25, -0.2) is 5.14 Å². The largest absolute Gasteiger partial charge is 0.297 e. The van der Waals surface area contributed by atoms with Crippen LogP contribution in [0.4, 0.5) is 0 Å². The maximum absolute atomic E-state index is 10.2. The van der Waals surface area contributed by atoms with Crippen molar-refractivity contribution in [1.82, 2.24) is 4.72 Å². The van der Waals surface area contributed by atoms with Gasteiger partial charge in [0.15, 0.2) is 0 Å². The second-order valence-electron chi connectivity index (χ2n) is 1.56. The molecule has 8 heteroatoms. The van der Waals surface area contributed by atoms with Gasteiger partial charge in [-0.1, -0.05) is 0 Å². The van der Waals surface area contributed by atoms with Crippen molar-refractivity contribution in [1.29, 1.82) is 5.41 Å². The van der Waals surface area contributed by atoms with Crippen molar-refractivity contribution >= 4 is 40.1 Å². The fraction of sp³-hybridized carbons (Fsp3) is 0.667. The molecule has 0 aliphatic heterocycles. The van der Waals surface area contributed by atoms with Crippen LogP contribution in [0.25, 0.3) is 0 Å². The summed E-state index contributed by atoms with van der Waals surface area (Å²) in [5.74, 6) is -0.000972. The molecule has 0 aromatic rings. The van der Waals surface area contributed by atoms with Crippen LogP contribution in [0.2, 0.25) is 0 Å². The SMILES string of the molecule is Cl.N=C(CCCl)NS(N)(=O)=O. The minimum atomic E-state index is -3.78. The Bertz CT molecular complexity index is 215. The summed E-state index contributed by atoms with van der Waals surface area (Å²) < 4.78 is 22.2. The Morgan fingerprint density at radius 1 is 1.64 bits per heavy atom. The fourth-order valence-corrected chi connectivity index (χ4v) is 0.952. The fourth-order valence-electron chi connectivity index (χ4n) is 0.317. The topological polar surface area (TPSA) is 96.0 Å². The van der Waals surface area contributed by atoms with Crippen molar-refractivity contribution in [3.8, 4) is 0 Å². The average molecular weight is 222 g/mol. The van der Waals surface area contributed by atoms with E-state index in [9.17, 15) is 8.42 Å². The van der Waals surface area contributed by atoms with E-state index in [-0.39, 0.29) is 30.5 Å². The van der Waals surface area contributed by atoms with E-state index in [2.05, 4.69) is 5.14 Å². The molecule has 0 fully saturated rings. The Morgan fingerprint density at radius 3 is 2.36 bits per heavy atom. The van der Waals surface area contributed by atoms with E-state index in [1.807, 2.05) is 0 Å². The molecule has 0 amide bonds. The van der Waals surface area contributed by atoms with Crippen LogP contribution in [0, 0.1) is 5.41 Å². The molecule has 0 bridgehead atoms. The molecule has 0 aromatic heterocycles. The van der Waals surface area contributed by atoms with Crippen LogP contribution in [0.5, 0.6) is 0 Å². The predicted octanol–water partition coefficient (Wildman–Crippen LogP) is -0.193. The number of nitrogens with two attached hydrogens (primary N) is 1. The Labute approximate surface area is 76.4 Å². The Balaban J connectivity index is 0. The van der Waals surface area contributed by atoms with Gasteiger partial charge in [0.2, 0.25) is 0 Å². The normalized spacial score (nSPS) is 10.0. The highest BCUT2D eigenvalue weighted by Gasteiger charge is 2.02. The zero-order chi connectivity index (χ0) is 8.20. The highest BCUT2D eigenvalue weighted by atomic mass is 35.5. The zero-order valence-electron chi connectivity index (χ0n) is 5.50. The van der Waals surface area contributed by atoms with Gasteiger partial charge in [-0.2, -0.15) is 8.42 Å². The van der Waals surface area contributed by atoms with E-state index >= 15 is 0 Å². The van der Waals surface area contributed by atoms with Crippen molar-refractivity contribution in [2.24, 2.45) is 5.14 Å². The van der Waals surface area contributed by atoms with E-state index in [0.29, 0.717) is 0 Å². The van der Waals surface area contributed by atoms with Crippen LogP contribution in [0.15, 0.2) is 0 Å². The molecule has 4 N–H and O–H groups in total. The molecule has 0 radical (unpaired) electrons. The molecule has 0 rings (SSSR count). The predicted molar refractivity (Wildman–Crippen MR) is 46.6 cm³/mol. The molecular weight excluding hydrogens is 213 g/mol. The quantitative estimate of drug-likeness (QED) is 0.350. The molecule has 0 unspecified atom stereocenters. The molecule has 11 heavy (non-hydrogen) atoms. The molecule has 0 saturated heterocycles. The van der Waals surface area contributed by atoms with Crippen molar-refractivity contribution in [3.63, 3.8) is 0 Å². The van der Waals surface area contributed by atoms with Gasteiger partial charge in [0.1, 0.15) is 5.84 Å². The number of hydrogen-bond donors (Lipinski definition) is 3. The molecule has 0 spiro atoms. The van der Waals surface area contributed by atoms with Crippen LogP contribution in [-0.4, -0.2) is 20.1 Å². The minimum absolute atomic E-state index is 0. The number of halogens is 2. The number of hydrogen-bond acceptors (Lipinski definition) is 3. The molecule has 0 atom stereocenters. The second-order valence-corrected chi connectivity index (χ2v) is 3.24.